The normalized spacial score (nSPS) is 20.4. The SMILES string of the molecule is CCCCCCCCCCCCCCCCCCCCCCCCCCC/C=C/CC/C=C/C(O)C(COC1OC(CO)C(O)C(O)C1O)NC(=O)CCCCCCCCCC. The molecular formula is C53H101NO8. The Bertz CT molecular complexity index is 1020. The maximum Gasteiger partial charge on any atom is 0.220 e. The molecule has 0 spiro atoms. The molecule has 0 bridgehead atoms. The lowest BCUT2D eigenvalue weighted by molar-refractivity contribution is -0.302. The highest BCUT2D eigenvalue weighted by atomic mass is 16.7. The van der Waals surface area contributed by atoms with Gasteiger partial charge >= 0.3 is 0 Å². The molecule has 1 amide bonds. The summed E-state index contributed by atoms with van der Waals surface area (Å²) in [6, 6.07) is -0.816. The van der Waals surface area contributed by atoms with Gasteiger partial charge in [0.2, 0.25) is 5.91 Å². The minimum Gasteiger partial charge on any atom is -0.394 e. The fraction of sp³-hybridized carbons (Fsp3) is 0.906. The number of unbranched alkanes of at least 4 members (excludes halogenated alkanes) is 33. The molecule has 0 aliphatic carbocycles. The number of carbonyl (C=O) groups excluding carboxylic acids is 1. The summed E-state index contributed by atoms with van der Waals surface area (Å²) < 4.78 is 11.2. The van der Waals surface area contributed by atoms with Crippen LogP contribution in [-0.2, 0) is 14.3 Å². The fourth-order valence-electron chi connectivity index (χ4n) is 8.53. The van der Waals surface area contributed by atoms with Crippen molar-refractivity contribution in [3.8, 4) is 0 Å². The first-order valence-corrected chi connectivity index (χ1v) is 26.6. The number of nitrogens with one attached hydrogen (secondary N) is 1. The van der Waals surface area contributed by atoms with Crippen molar-refractivity contribution in [1.82, 2.24) is 5.32 Å². The van der Waals surface area contributed by atoms with E-state index in [1.54, 1.807) is 6.08 Å². The molecule has 0 radical (unpaired) electrons. The second-order valence-corrected chi connectivity index (χ2v) is 18.7. The quantitative estimate of drug-likeness (QED) is 0.0262. The molecule has 9 nitrogen and oxygen atoms in total. The lowest BCUT2D eigenvalue weighted by Crippen LogP contribution is -2.60. The molecule has 366 valence electrons. The van der Waals surface area contributed by atoms with Gasteiger partial charge in [0.05, 0.1) is 25.4 Å². The van der Waals surface area contributed by atoms with E-state index in [4.69, 9.17) is 9.47 Å². The number of hydrogen-bond donors (Lipinski definition) is 6. The molecule has 1 fully saturated rings. The highest BCUT2D eigenvalue weighted by Crippen LogP contribution is 2.23. The van der Waals surface area contributed by atoms with E-state index >= 15 is 0 Å². The predicted octanol–water partition coefficient (Wildman–Crippen LogP) is 12.2. The van der Waals surface area contributed by atoms with Gasteiger partial charge in [-0.25, -0.2) is 0 Å². The van der Waals surface area contributed by atoms with Gasteiger partial charge < -0.3 is 40.3 Å². The summed E-state index contributed by atoms with van der Waals surface area (Å²) in [7, 11) is 0. The van der Waals surface area contributed by atoms with E-state index in [-0.39, 0.29) is 12.5 Å². The van der Waals surface area contributed by atoms with Crippen LogP contribution in [0.1, 0.15) is 251 Å². The van der Waals surface area contributed by atoms with Crippen molar-refractivity contribution in [2.45, 2.75) is 294 Å². The molecule has 1 aliphatic heterocycles. The van der Waals surface area contributed by atoms with E-state index in [9.17, 15) is 30.3 Å². The summed E-state index contributed by atoms with van der Waals surface area (Å²) in [5.74, 6) is -0.190. The zero-order valence-corrected chi connectivity index (χ0v) is 40.4. The maximum absolute atomic E-state index is 12.9. The molecule has 7 atom stereocenters. The van der Waals surface area contributed by atoms with Crippen LogP contribution in [0.2, 0.25) is 0 Å². The smallest absolute Gasteiger partial charge is 0.220 e. The van der Waals surface area contributed by atoms with Crippen LogP contribution in [0.15, 0.2) is 24.3 Å². The van der Waals surface area contributed by atoms with Gasteiger partial charge in [0.25, 0.3) is 0 Å². The monoisotopic (exact) mass is 880 g/mol. The van der Waals surface area contributed by atoms with Crippen molar-refractivity contribution < 1.29 is 39.8 Å². The number of hydrogen-bond acceptors (Lipinski definition) is 8. The number of rotatable bonds is 45. The zero-order chi connectivity index (χ0) is 45.1. The Balaban J connectivity index is 2.13. The highest BCUT2D eigenvalue weighted by Gasteiger charge is 2.44. The average Bonchev–Trinajstić information content (AvgIpc) is 3.27. The molecule has 1 aliphatic rings. The lowest BCUT2D eigenvalue weighted by Gasteiger charge is -2.40. The number of allylic oxidation sites excluding steroid dienone is 3. The second kappa shape index (κ2) is 43.6. The number of ether oxygens (including phenoxy) is 2. The van der Waals surface area contributed by atoms with Gasteiger partial charge in [-0.1, -0.05) is 237 Å². The Hall–Kier alpha value is -1.33. The minimum atomic E-state index is -1.57. The van der Waals surface area contributed by atoms with Crippen molar-refractivity contribution in [1.29, 1.82) is 0 Å². The van der Waals surface area contributed by atoms with Gasteiger partial charge in [-0.3, -0.25) is 4.79 Å². The van der Waals surface area contributed by atoms with E-state index < -0.39 is 49.5 Å². The Morgan fingerprint density at radius 1 is 0.532 bits per heavy atom. The topological polar surface area (TPSA) is 149 Å². The van der Waals surface area contributed by atoms with Crippen LogP contribution < -0.4 is 5.32 Å². The first-order valence-electron chi connectivity index (χ1n) is 26.6. The third-order valence-electron chi connectivity index (χ3n) is 12.8. The standard InChI is InChI=1S/C53H101NO8/c1-3-5-7-9-11-13-14-15-16-17-18-19-20-21-22-23-24-25-26-27-28-29-30-31-32-33-34-35-36-38-40-42-47(56)46(54-49(57)43-41-39-37-12-10-8-6-4-2)45-61-53-52(60)51(59)50(58)48(44-55)62-53/h34-35,40,42,46-48,50-53,55-56,58-60H,3-33,36-39,41,43-45H2,1-2H3,(H,54,57)/b35-34+,42-40+. The lowest BCUT2D eigenvalue weighted by atomic mass is 9.99. The maximum atomic E-state index is 12.9. The summed E-state index contributed by atoms with van der Waals surface area (Å²) in [4.78, 5) is 12.9. The minimum absolute atomic E-state index is 0.190. The zero-order valence-electron chi connectivity index (χ0n) is 40.4. The molecule has 0 aromatic heterocycles. The first kappa shape index (κ1) is 58.7. The van der Waals surface area contributed by atoms with Crippen LogP contribution in [0.3, 0.4) is 0 Å². The molecule has 1 heterocycles. The number of carbonyl (C=O) groups is 1. The van der Waals surface area contributed by atoms with Crippen molar-refractivity contribution in [2.75, 3.05) is 13.2 Å². The van der Waals surface area contributed by atoms with E-state index in [1.807, 2.05) is 6.08 Å². The van der Waals surface area contributed by atoms with E-state index in [2.05, 4.69) is 31.3 Å². The average molecular weight is 880 g/mol. The fourth-order valence-corrected chi connectivity index (χ4v) is 8.53. The Morgan fingerprint density at radius 2 is 0.919 bits per heavy atom. The largest absolute Gasteiger partial charge is 0.394 e. The van der Waals surface area contributed by atoms with Gasteiger partial charge in [-0.05, 0) is 32.1 Å². The summed E-state index contributed by atoms with van der Waals surface area (Å²) in [6.07, 6.45) is 47.1. The van der Waals surface area contributed by atoms with Crippen LogP contribution in [0, 0.1) is 0 Å². The summed E-state index contributed by atoms with van der Waals surface area (Å²) >= 11 is 0. The molecule has 0 aromatic rings. The molecular weight excluding hydrogens is 779 g/mol. The van der Waals surface area contributed by atoms with Crippen LogP contribution in [0.4, 0.5) is 0 Å². The van der Waals surface area contributed by atoms with Crippen LogP contribution in [0.5, 0.6) is 0 Å². The van der Waals surface area contributed by atoms with Crippen molar-refractivity contribution >= 4 is 5.91 Å². The van der Waals surface area contributed by atoms with Crippen LogP contribution in [-0.4, -0.2) is 87.5 Å². The van der Waals surface area contributed by atoms with E-state index in [1.165, 1.54) is 193 Å². The van der Waals surface area contributed by atoms with Crippen molar-refractivity contribution in [3.63, 3.8) is 0 Å². The molecule has 1 rings (SSSR count). The molecule has 0 saturated carbocycles. The van der Waals surface area contributed by atoms with Crippen molar-refractivity contribution in [3.05, 3.63) is 24.3 Å². The summed E-state index contributed by atoms with van der Waals surface area (Å²) in [6.45, 7) is 3.74. The predicted molar refractivity (Wildman–Crippen MR) is 258 cm³/mol. The van der Waals surface area contributed by atoms with Gasteiger partial charge in [0.1, 0.15) is 24.4 Å². The molecule has 0 aromatic carbocycles. The third kappa shape index (κ3) is 33.2. The molecule has 6 N–H and O–H groups in total. The summed E-state index contributed by atoms with van der Waals surface area (Å²) in [5, 5.41) is 54.1. The van der Waals surface area contributed by atoms with Crippen LogP contribution >= 0.6 is 0 Å². The molecule has 1 saturated heterocycles. The van der Waals surface area contributed by atoms with E-state index in [0.717, 1.165) is 38.5 Å². The Kier molecular flexibility index (Phi) is 41.2. The number of aliphatic hydroxyl groups excluding tert-OH is 5. The Labute approximate surface area is 381 Å². The number of amides is 1. The third-order valence-corrected chi connectivity index (χ3v) is 12.8. The van der Waals surface area contributed by atoms with Gasteiger partial charge in [0.15, 0.2) is 6.29 Å². The van der Waals surface area contributed by atoms with E-state index in [0.29, 0.717) is 6.42 Å². The highest BCUT2D eigenvalue weighted by molar-refractivity contribution is 5.76. The van der Waals surface area contributed by atoms with Gasteiger partial charge in [-0.2, -0.15) is 0 Å². The molecule has 9 heteroatoms. The number of aliphatic hydroxyl groups is 5. The summed E-state index contributed by atoms with van der Waals surface area (Å²) in [5.41, 5.74) is 0. The van der Waals surface area contributed by atoms with Crippen LogP contribution in [0.25, 0.3) is 0 Å². The van der Waals surface area contributed by atoms with Crippen molar-refractivity contribution in [2.24, 2.45) is 0 Å². The Morgan fingerprint density at radius 3 is 1.35 bits per heavy atom. The molecule has 62 heavy (non-hydrogen) atoms. The molecule has 7 unspecified atom stereocenters. The van der Waals surface area contributed by atoms with Gasteiger partial charge in [0, 0.05) is 6.42 Å². The van der Waals surface area contributed by atoms with Gasteiger partial charge in [-0.15, -0.1) is 0 Å². The second-order valence-electron chi connectivity index (χ2n) is 18.7. The first-order chi connectivity index (χ1) is 30.3.